The standard InChI is InChI=1S/C10H15N5.ClH/c1-8-10(7-12-15(8)3)11-6-9-4-5-14(2)13-9;/h4-5,7,11H,6H2,1-3H3;1H. The van der Waals surface area contributed by atoms with E-state index in [4.69, 9.17) is 0 Å². The lowest BCUT2D eigenvalue weighted by Gasteiger charge is -2.02. The molecule has 0 atom stereocenters. The third-order valence-corrected chi connectivity index (χ3v) is 2.46. The molecule has 2 aromatic rings. The van der Waals surface area contributed by atoms with Crippen molar-refractivity contribution in [1.29, 1.82) is 0 Å². The molecule has 0 aliphatic carbocycles. The van der Waals surface area contributed by atoms with E-state index in [0.29, 0.717) is 0 Å². The number of aromatic nitrogens is 4. The number of nitrogens with one attached hydrogen (secondary N) is 1. The third kappa shape index (κ3) is 2.55. The fraction of sp³-hybridized carbons (Fsp3) is 0.400. The lowest BCUT2D eigenvalue weighted by molar-refractivity contribution is 0.739. The van der Waals surface area contributed by atoms with Crippen molar-refractivity contribution in [1.82, 2.24) is 19.6 Å². The van der Waals surface area contributed by atoms with E-state index in [1.54, 1.807) is 4.68 Å². The highest BCUT2D eigenvalue weighted by atomic mass is 35.5. The molecule has 0 saturated carbocycles. The first-order valence-corrected chi connectivity index (χ1v) is 4.88. The summed E-state index contributed by atoms with van der Waals surface area (Å²) in [6, 6.07) is 2.00. The molecular weight excluding hydrogens is 226 g/mol. The van der Waals surface area contributed by atoms with Crippen molar-refractivity contribution in [2.75, 3.05) is 5.32 Å². The van der Waals surface area contributed by atoms with E-state index >= 15 is 0 Å². The van der Waals surface area contributed by atoms with Crippen LogP contribution in [0.25, 0.3) is 0 Å². The summed E-state index contributed by atoms with van der Waals surface area (Å²) in [4.78, 5) is 0. The maximum Gasteiger partial charge on any atom is 0.0815 e. The largest absolute Gasteiger partial charge is 0.377 e. The van der Waals surface area contributed by atoms with Gasteiger partial charge in [0.15, 0.2) is 0 Å². The Morgan fingerprint density at radius 1 is 1.38 bits per heavy atom. The molecule has 6 heteroatoms. The number of aryl methyl sites for hydroxylation is 2. The van der Waals surface area contributed by atoms with E-state index in [9.17, 15) is 0 Å². The summed E-state index contributed by atoms with van der Waals surface area (Å²) in [5.74, 6) is 0. The van der Waals surface area contributed by atoms with Crippen LogP contribution >= 0.6 is 12.4 Å². The Hall–Kier alpha value is -1.49. The second-order valence-corrected chi connectivity index (χ2v) is 3.60. The van der Waals surface area contributed by atoms with Gasteiger partial charge in [-0.2, -0.15) is 10.2 Å². The molecule has 0 amide bonds. The Morgan fingerprint density at radius 2 is 2.12 bits per heavy atom. The average Bonchev–Trinajstić information content (AvgIpc) is 2.74. The van der Waals surface area contributed by atoms with Crippen molar-refractivity contribution in [3.63, 3.8) is 0 Å². The topological polar surface area (TPSA) is 47.7 Å². The maximum atomic E-state index is 4.29. The van der Waals surface area contributed by atoms with Crippen LogP contribution in [0.3, 0.4) is 0 Å². The number of nitrogens with zero attached hydrogens (tertiary/aromatic N) is 4. The molecule has 0 spiro atoms. The summed E-state index contributed by atoms with van der Waals surface area (Å²) in [5, 5.41) is 11.8. The van der Waals surface area contributed by atoms with Gasteiger partial charge in [0.1, 0.15) is 0 Å². The first-order chi connectivity index (χ1) is 7.16. The Labute approximate surface area is 101 Å². The molecule has 2 rings (SSSR count). The Morgan fingerprint density at radius 3 is 2.62 bits per heavy atom. The molecule has 0 fully saturated rings. The second kappa shape index (κ2) is 5.03. The van der Waals surface area contributed by atoms with Gasteiger partial charge in [-0.1, -0.05) is 0 Å². The Kier molecular flexibility index (Phi) is 3.95. The van der Waals surface area contributed by atoms with E-state index in [-0.39, 0.29) is 12.4 Å². The van der Waals surface area contributed by atoms with Gasteiger partial charge >= 0.3 is 0 Å². The predicted octanol–water partition coefficient (Wildman–Crippen LogP) is 1.50. The molecule has 5 nitrogen and oxygen atoms in total. The lowest BCUT2D eigenvalue weighted by Crippen LogP contribution is -2.02. The van der Waals surface area contributed by atoms with Crippen LogP contribution in [0.2, 0.25) is 0 Å². The van der Waals surface area contributed by atoms with Crippen molar-refractivity contribution < 1.29 is 0 Å². The molecule has 0 aliphatic heterocycles. The minimum absolute atomic E-state index is 0. The highest BCUT2D eigenvalue weighted by Gasteiger charge is 2.03. The summed E-state index contributed by atoms with van der Waals surface area (Å²) < 4.78 is 3.65. The van der Waals surface area contributed by atoms with Crippen LogP contribution in [0.5, 0.6) is 0 Å². The van der Waals surface area contributed by atoms with Crippen LogP contribution in [0.15, 0.2) is 18.5 Å². The molecular formula is C10H16ClN5. The number of hydrogen-bond donors (Lipinski definition) is 1. The molecule has 16 heavy (non-hydrogen) atoms. The Balaban J connectivity index is 0.00000128. The fourth-order valence-corrected chi connectivity index (χ4v) is 1.42. The zero-order valence-corrected chi connectivity index (χ0v) is 10.5. The summed E-state index contributed by atoms with van der Waals surface area (Å²) >= 11 is 0. The summed E-state index contributed by atoms with van der Waals surface area (Å²) in [7, 11) is 3.85. The Bertz CT molecular complexity index is 459. The van der Waals surface area contributed by atoms with E-state index in [1.165, 1.54) is 0 Å². The summed E-state index contributed by atoms with van der Waals surface area (Å²) in [6.45, 7) is 2.77. The monoisotopic (exact) mass is 241 g/mol. The molecule has 2 heterocycles. The molecule has 0 saturated heterocycles. The molecule has 1 N–H and O–H groups in total. The lowest BCUT2D eigenvalue weighted by atomic mass is 10.3. The zero-order chi connectivity index (χ0) is 10.8. The van der Waals surface area contributed by atoms with Crippen LogP contribution < -0.4 is 5.32 Å². The highest BCUT2D eigenvalue weighted by molar-refractivity contribution is 5.85. The summed E-state index contributed by atoms with van der Waals surface area (Å²) in [5.41, 5.74) is 3.22. The molecule has 0 aromatic carbocycles. The van der Waals surface area contributed by atoms with Crippen LogP contribution in [0, 0.1) is 6.92 Å². The number of anilines is 1. The molecule has 0 bridgehead atoms. The third-order valence-electron chi connectivity index (χ3n) is 2.46. The van der Waals surface area contributed by atoms with Gasteiger partial charge in [-0.05, 0) is 13.0 Å². The minimum Gasteiger partial charge on any atom is -0.377 e. The van der Waals surface area contributed by atoms with Crippen molar-refractivity contribution in [3.8, 4) is 0 Å². The number of rotatable bonds is 3. The van der Waals surface area contributed by atoms with Gasteiger partial charge in [0, 0.05) is 20.3 Å². The van der Waals surface area contributed by atoms with Gasteiger partial charge in [-0.25, -0.2) is 0 Å². The van der Waals surface area contributed by atoms with Crippen molar-refractivity contribution in [3.05, 3.63) is 29.8 Å². The van der Waals surface area contributed by atoms with E-state index in [2.05, 4.69) is 15.5 Å². The van der Waals surface area contributed by atoms with Gasteiger partial charge in [0.25, 0.3) is 0 Å². The molecule has 0 unspecified atom stereocenters. The quantitative estimate of drug-likeness (QED) is 0.886. The van der Waals surface area contributed by atoms with Crippen molar-refractivity contribution in [2.45, 2.75) is 13.5 Å². The van der Waals surface area contributed by atoms with Gasteiger partial charge in [-0.3, -0.25) is 9.36 Å². The molecule has 2 aromatic heterocycles. The van der Waals surface area contributed by atoms with E-state index in [0.717, 1.165) is 23.6 Å². The van der Waals surface area contributed by atoms with Crippen LogP contribution in [0.4, 0.5) is 5.69 Å². The first kappa shape index (κ1) is 12.6. The number of hydrogen-bond acceptors (Lipinski definition) is 3. The average molecular weight is 242 g/mol. The highest BCUT2D eigenvalue weighted by Crippen LogP contribution is 2.12. The predicted molar refractivity (Wildman–Crippen MR) is 65.7 cm³/mol. The van der Waals surface area contributed by atoms with Gasteiger partial charge in [0.05, 0.1) is 29.8 Å². The summed E-state index contributed by atoms with van der Waals surface area (Å²) in [6.07, 6.45) is 3.77. The SMILES string of the molecule is Cc1c(NCc2ccn(C)n2)cnn1C.Cl. The van der Waals surface area contributed by atoms with E-state index in [1.807, 2.05) is 44.2 Å². The van der Waals surface area contributed by atoms with Crippen molar-refractivity contribution >= 4 is 18.1 Å². The van der Waals surface area contributed by atoms with Gasteiger partial charge in [0.2, 0.25) is 0 Å². The molecule has 0 aliphatic rings. The number of halogens is 1. The van der Waals surface area contributed by atoms with Gasteiger partial charge < -0.3 is 5.32 Å². The van der Waals surface area contributed by atoms with Crippen molar-refractivity contribution in [2.24, 2.45) is 14.1 Å². The van der Waals surface area contributed by atoms with Crippen LogP contribution in [-0.4, -0.2) is 19.6 Å². The van der Waals surface area contributed by atoms with Crippen LogP contribution in [-0.2, 0) is 20.6 Å². The van der Waals surface area contributed by atoms with Gasteiger partial charge in [-0.15, -0.1) is 12.4 Å². The van der Waals surface area contributed by atoms with E-state index < -0.39 is 0 Å². The normalized spacial score (nSPS) is 9.94. The van der Waals surface area contributed by atoms with Crippen LogP contribution in [0.1, 0.15) is 11.4 Å². The smallest absolute Gasteiger partial charge is 0.0815 e. The molecule has 0 radical (unpaired) electrons. The minimum atomic E-state index is 0. The fourth-order valence-electron chi connectivity index (χ4n) is 1.42. The second-order valence-electron chi connectivity index (χ2n) is 3.60. The maximum absolute atomic E-state index is 4.29. The zero-order valence-electron chi connectivity index (χ0n) is 9.64. The molecule has 88 valence electrons. The first-order valence-electron chi connectivity index (χ1n) is 4.88.